The number of carbonyl (C=O) groups excluding carboxylic acids is 1. The van der Waals surface area contributed by atoms with Gasteiger partial charge in [0.1, 0.15) is 0 Å². The first-order valence-corrected chi connectivity index (χ1v) is 8.20. The number of rotatable bonds is 3. The number of amides is 1. The zero-order chi connectivity index (χ0) is 14.8. The summed E-state index contributed by atoms with van der Waals surface area (Å²) in [5, 5.41) is 3.79. The van der Waals surface area contributed by atoms with Crippen LogP contribution in [0.4, 0.5) is 0 Å². The van der Waals surface area contributed by atoms with E-state index in [9.17, 15) is 4.79 Å². The second kappa shape index (κ2) is 6.18. The van der Waals surface area contributed by atoms with Gasteiger partial charge in [-0.2, -0.15) is 0 Å². The number of carbonyl (C=O) groups is 1. The molecule has 0 spiro atoms. The predicted octanol–water partition coefficient (Wildman–Crippen LogP) is 2.84. The second-order valence-electron chi connectivity index (χ2n) is 6.73. The lowest BCUT2D eigenvalue weighted by Crippen LogP contribution is -2.50. The molecule has 1 aromatic carbocycles. The first-order valence-electron chi connectivity index (χ1n) is 8.20. The number of nitrogens with zero attached hydrogens (tertiary/aromatic N) is 1. The minimum Gasteiger partial charge on any atom is -0.343 e. The maximum atomic E-state index is 11.3. The van der Waals surface area contributed by atoms with Gasteiger partial charge in [-0.1, -0.05) is 29.8 Å². The van der Waals surface area contributed by atoms with E-state index in [-0.39, 0.29) is 5.91 Å². The molecular weight excluding hydrogens is 260 g/mol. The number of benzene rings is 1. The van der Waals surface area contributed by atoms with Crippen molar-refractivity contribution in [2.45, 2.75) is 57.5 Å². The molecule has 1 N–H and O–H groups in total. The van der Waals surface area contributed by atoms with Crippen LogP contribution in [0.5, 0.6) is 0 Å². The summed E-state index contributed by atoms with van der Waals surface area (Å²) >= 11 is 0. The van der Waals surface area contributed by atoms with E-state index in [1.54, 1.807) is 6.92 Å². The van der Waals surface area contributed by atoms with Crippen molar-refractivity contribution in [3.8, 4) is 0 Å². The van der Waals surface area contributed by atoms with Crippen LogP contribution in [-0.4, -0.2) is 36.0 Å². The highest BCUT2D eigenvalue weighted by atomic mass is 16.2. The summed E-state index contributed by atoms with van der Waals surface area (Å²) in [6.45, 7) is 5.68. The molecule has 1 amide bonds. The van der Waals surface area contributed by atoms with Crippen LogP contribution >= 0.6 is 0 Å². The molecule has 2 fully saturated rings. The molecule has 0 radical (unpaired) electrons. The number of hydrogen-bond acceptors (Lipinski definition) is 2. The molecule has 114 valence electrons. The van der Waals surface area contributed by atoms with E-state index in [2.05, 4.69) is 36.5 Å². The third kappa shape index (κ3) is 3.46. The summed E-state index contributed by atoms with van der Waals surface area (Å²) in [4.78, 5) is 13.3. The van der Waals surface area contributed by atoms with Crippen LogP contribution in [0, 0.1) is 6.92 Å². The Morgan fingerprint density at radius 1 is 1.19 bits per heavy atom. The third-order valence-corrected chi connectivity index (χ3v) is 5.06. The van der Waals surface area contributed by atoms with Gasteiger partial charge in [0.2, 0.25) is 5.91 Å². The average Bonchev–Trinajstić information content (AvgIpc) is 2.43. The molecule has 1 heterocycles. The molecule has 21 heavy (non-hydrogen) atoms. The summed E-state index contributed by atoms with van der Waals surface area (Å²) < 4.78 is 0. The summed E-state index contributed by atoms with van der Waals surface area (Å²) in [5.41, 5.74) is 2.86. The predicted molar refractivity (Wildman–Crippen MR) is 85.4 cm³/mol. The second-order valence-corrected chi connectivity index (χ2v) is 6.73. The number of nitrogens with one attached hydrogen (secondary N) is 1. The quantitative estimate of drug-likeness (QED) is 0.926. The van der Waals surface area contributed by atoms with Gasteiger partial charge in [0.25, 0.3) is 0 Å². The van der Waals surface area contributed by atoms with E-state index in [0.29, 0.717) is 12.1 Å². The molecule has 1 aliphatic heterocycles. The van der Waals surface area contributed by atoms with Gasteiger partial charge in [0.15, 0.2) is 0 Å². The van der Waals surface area contributed by atoms with Gasteiger partial charge in [-0.15, -0.1) is 0 Å². The van der Waals surface area contributed by atoms with Crippen molar-refractivity contribution in [2.75, 3.05) is 13.1 Å². The zero-order valence-corrected chi connectivity index (χ0v) is 13.1. The maximum absolute atomic E-state index is 11.3. The summed E-state index contributed by atoms with van der Waals surface area (Å²) in [6.07, 6.45) is 4.73. The van der Waals surface area contributed by atoms with Gasteiger partial charge >= 0.3 is 0 Å². The van der Waals surface area contributed by atoms with Crippen molar-refractivity contribution in [1.82, 2.24) is 10.2 Å². The Morgan fingerprint density at radius 3 is 2.52 bits per heavy atom. The van der Waals surface area contributed by atoms with Crippen molar-refractivity contribution in [1.29, 1.82) is 0 Å². The lowest BCUT2D eigenvalue weighted by atomic mass is 9.75. The van der Waals surface area contributed by atoms with Gasteiger partial charge in [-0.3, -0.25) is 4.79 Å². The summed E-state index contributed by atoms with van der Waals surface area (Å²) in [6, 6.07) is 10.2. The number of hydrogen-bond donors (Lipinski definition) is 1. The number of piperidine rings is 1. The first-order chi connectivity index (χ1) is 10.1. The lowest BCUT2D eigenvalue weighted by molar-refractivity contribution is -0.129. The van der Waals surface area contributed by atoms with E-state index in [0.717, 1.165) is 31.8 Å². The van der Waals surface area contributed by atoms with E-state index < -0.39 is 0 Å². The van der Waals surface area contributed by atoms with Gasteiger partial charge in [0.05, 0.1) is 0 Å². The fraction of sp³-hybridized carbons (Fsp3) is 0.611. The Morgan fingerprint density at radius 2 is 1.90 bits per heavy atom. The largest absolute Gasteiger partial charge is 0.343 e. The maximum Gasteiger partial charge on any atom is 0.219 e. The van der Waals surface area contributed by atoms with Crippen LogP contribution < -0.4 is 5.32 Å². The number of aryl methyl sites for hydroxylation is 1. The van der Waals surface area contributed by atoms with Crippen molar-refractivity contribution in [2.24, 2.45) is 0 Å². The minimum atomic E-state index is 0.219. The van der Waals surface area contributed by atoms with Gasteiger partial charge in [-0.25, -0.2) is 0 Å². The summed E-state index contributed by atoms with van der Waals surface area (Å²) in [7, 11) is 0. The topological polar surface area (TPSA) is 32.3 Å². The highest BCUT2D eigenvalue weighted by Gasteiger charge is 2.32. The van der Waals surface area contributed by atoms with Crippen LogP contribution in [-0.2, 0) is 4.79 Å². The van der Waals surface area contributed by atoms with E-state index in [1.807, 2.05) is 4.90 Å². The highest BCUT2D eigenvalue weighted by Crippen LogP contribution is 2.37. The Kier molecular flexibility index (Phi) is 4.29. The molecule has 0 atom stereocenters. The SMILES string of the molecule is CC(=O)N1CCC(NC2CC(c3cccc(C)c3)C2)CC1. The van der Waals surface area contributed by atoms with Crippen LogP contribution in [0.2, 0.25) is 0 Å². The van der Waals surface area contributed by atoms with E-state index in [1.165, 1.54) is 24.0 Å². The molecule has 1 saturated carbocycles. The van der Waals surface area contributed by atoms with Crippen molar-refractivity contribution >= 4 is 5.91 Å². The normalized spacial score (nSPS) is 26.5. The number of likely N-dealkylation sites (tertiary alicyclic amines) is 1. The van der Waals surface area contributed by atoms with Crippen LogP contribution in [0.1, 0.15) is 49.7 Å². The average molecular weight is 286 g/mol. The molecule has 2 aliphatic rings. The Bertz CT molecular complexity index is 500. The Hall–Kier alpha value is -1.35. The smallest absolute Gasteiger partial charge is 0.219 e. The third-order valence-electron chi connectivity index (χ3n) is 5.06. The lowest BCUT2D eigenvalue weighted by Gasteiger charge is -2.41. The molecular formula is C18H26N2O. The van der Waals surface area contributed by atoms with Crippen LogP contribution in [0.15, 0.2) is 24.3 Å². The summed E-state index contributed by atoms with van der Waals surface area (Å²) in [5.74, 6) is 0.955. The monoisotopic (exact) mass is 286 g/mol. The molecule has 3 heteroatoms. The van der Waals surface area contributed by atoms with Crippen LogP contribution in [0.25, 0.3) is 0 Å². The highest BCUT2D eigenvalue weighted by molar-refractivity contribution is 5.73. The van der Waals surface area contributed by atoms with Gasteiger partial charge in [0, 0.05) is 32.1 Å². The van der Waals surface area contributed by atoms with Crippen molar-refractivity contribution in [3.63, 3.8) is 0 Å². The van der Waals surface area contributed by atoms with Crippen molar-refractivity contribution in [3.05, 3.63) is 35.4 Å². The van der Waals surface area contributed by atoms with Gasteiger partial charge < -0.3 is 10.2 Å². The molecule has 0 bridgehead atoms. The zero-order valence-electron chi connectivity index (χ0n) is 13.1. The van der Waals surface area contributed by atoms with E-state index >= 15 is 0 Å². The van der Waals surface area contributed by atoms with Gasteiger partial charge in [-0.05, 0) is 44.1 Å². The Labute approximate surface area is 127 Å². The molecule has 0 aromatic heterocycles. The standard InChI is InChI=1S/C18H26N2O/c1-13-4-3-5-15(10-13)16-11-18(12-16)19-17-6-8-20(9-7-17)14(2)21/h3-5,10,16-19H,6-9,11-12H2,1-2H3. The first kappa shape index (κ1) is 14.6. The molecule has 3 rings (SSSR count). The van der Waals surface area contributed by atoms with Crippen molar-refractivity contribution < 1.29 is 4.79 Å². The molecule has 0 unspecified atom stereocenters. The molecule has 3 nitrogen and oxygen atoms in total. The fourth-order valence-electron chi connectivity index (χ4n) is 3.64. The molecule has 1 aromatic rings. The molecule has 1 aliphatic carbocycles. The Balaban J connectivity index is 1.42. The fourth-order valence-corrected chi connectivity index (χ4v) is 3.64. The van der Waals surface area contributed by atoms with Crippen LogP contribution in [0.3, 0.4) is 0 Å². The molecule has 1 saturated heterocycles. The van der Waals surface area contributed by atoms with E-state index in [4.69, 9.17) is 0 Å². The minimum absolute atomic E-state index is 0.219.